The largest absolute Gasteiger partial charge is 0.480 e. The summed E-state index contributed by atoms with van der Waals surface area (Å²) in [5, 5.41) is 13.3. The molecule has 7 heteroatoms. The van der Waals surface area contributed by atoms with Gasteiger partial charge in [0.05, 0.1) is 0 Å². The van der Waals surface area contributed by atoms with Crippen LogP contribution in [0.1, 0.15) is 13.3 Å². The van der Waals surface area contributed by atoms with E-state index in [1.54, 1.807) is 13.0 Å². The van der Waals surface area contributed by atoms with Gasteiger partial charge in [0.2, 0.25) is 5.95 Å². The van der Waals surface area contributed by atoms with Crippen LogP contribution in [0.3, 0.4) is 0 Å². The molecule has 1 rings (SSSR count). The monoisotopic (exact) mass is 224 g/mol. The lowest BCUT2D eigenvalue weighted by molar-refractivity contribution is -0.139. The number of carbonyl (C=O) groups excluding carboxylic acids is 1. The number of hydrogen-bond acceptors (Lipinski definition) is 4. The van der Waals surface area contributed by atoms with Gasteiger partial charge in [-0.05, 0) is 12.5 Å². The topological polar surface area (TPSA) is 104 Å². The predicted octanol–water partition coefficient (Wildman–Crippen LogP) is 0.461. The molecule has 1 atom stereocenters. The molecule has 1 aromatic rings. The van der Waals surface area contributed by atoms with Crippen LogP contribution in [0.15, 0.2) is 18.5 Å². The molecule has 0 fully saturated rings. The van der Waals surface area contributed by atoms with Crippen LogP contribution in [0.5, 0.6) is 0 Å². The van der Waals surface area contributed by atoms with Crippen molar-refractivity contribution in [3.05, 3.63) is 18.5 Å². The van der Waals surface area contributed by atoms with Crippen LogP contribution in [0.25, 0.3) is 0 Å². The van der Waals surface area contributed by atoms with E-state index >= 15 is 0 Å². The van der Waals surface area contributed by atoms with E-state index < -0.39 is 18.0 Å². The van der Waals surface area contributed by atoms with Crippen molar-refractivity contribution in [1.82, 2.24) is 15.3 Å². The molecule has 1 aromatic heterocycles. The normalized spacial score (nSPS) is 11.6. The van der Waals surface area contributed by atoms with Gasteiger partial charge in [0.15, 0.2) is 0 Å². The molecule has 7 nitrogen and oxygen atoms in total. The van der Waals surface area contributed by atoms with Gasteiger partial charge in [-0.15, -0.1) is 0 Å². The Bertz CT molecular complexity index is 368. The number of carboxylic acids is 1. The first-order chi connectivity index (χ1) is 7.63. The van der Waals surface area contributed by atoms with Gasteiger partial charge in [0.25, 0.3) is 0 Å². The molecule has 0 aliphatic carbocycles. The Morgan fingerprint density at radius 3 is 2.56 bits per heavy atom. The lowest BCUT2D eigenvalue weighted by Gasteiger charge is -2.12. The zero-order chi connectivity index (χ0) is 12.0. The standard InChI is InChI=1S/C9H12N4O3/c1-2-6(7(14)15)12-9(16)13-8-10-4-3-5-11-8/h3-6H,2H2,1H3,(H,14,15)(H2,10,11,12,13,16)/t6-/m0/s1. The summed E-state index contributed by atoms with van der Waals surface area (Å²) in [5.41, 5.74) is 0. The van der Waals surface area contributed by atoms with Crippen LogP contribution >= 0.6 is 0 Å². The van der Waals surface area contributed by atoms with Crippen molar-refractivity contribution in [3.63, 3.8) is 0 Å². The SMILES string of the molecule is CC[C@H](NC(=O)Nc1ncccn1)C(=O)O. The van der Waals surface area contributed by atoms with Crippen molar-refractivity contribution in [3.8, 4) is 0 Å². The molecule has 0 saturated heterocycles. The van der Waals surface area contributed by atoms with Gasteiger partial charge in [-0.2, -0.15) is 0 Å². The number of carbonyl (C=O) groups is 2. The molecule has 16 heavy (non-hydrogen) atoms. The Labute approximate surface area is 91.9 Å². The summed E-state index contributed by atoms with van der Waals surface area (Å²) >= 11 is 0. The van der Waals surface area contributed by atoms with Gasteiger partial charge in [-0.25, -0.2) is 19.6 Å². The number of urea groups is 1. The zero-order valence-corrected chi connectivity index (χ0v) is 8.67. The van der Waals surface area contributed by atoms with E-state index in [2.05, 4.69) is 20.6 Å². The summed E-state index contributed by atoms with van der Waals surface area (Å²) in [5.74, 6) is -0.952. The Morgan fingerprint density at radius 1 is 1.44 bits per heavy atom. The van der Waals surface area contributed by atoms with Crippen LogP contribution < -0.4 is 10.6 Å². The minimum atomic E-state index is -1.08. The summed E-state index contributed by atoms with van der Waals surface area (Å²) in [7, 11) is 0. The minimum Gasteiger partial charge on any atom is -0.480 e. The molecule has 0 aliphatic heterocycles. The van der Waals surface area contributed by atoms with Crippen molar-refractivity contribution in [2.45, 2.75) is 19.4 Å². The third kappa shape index (κ3) is 3.52. The number of amides is 2. The summed E-state index contributed by atoms with van der Waals surface area (Å²) in [6, 6.07) is 0.0546. The molecule has 0 spiro atoms. The lowest BCUT2D eigenvalue weighted by atomic mass is 10.2. The second kappa shape index (κ2) is 5.64. The molecule has 0 bridgehead atoms. The second-order valence-electron chi connectivity index (χ2n) is 2.97. The first kappa shape index (κ1) is 11.9. The summed E-state index contributed by atoms with van der Waals surface area (Å²) in [6.45, 7) is 1.66. The van der Waals surface area contributed by atoms with Gasteiger partial charge in [-0.1, -0.05) is 6.92 Å². The lowest BCUT2D eigenvalue weighted by Crippen LogP contribution is -2.42. The number of hydrogen-bond donors (Lipinski definition) is 3. The highest BCUT2D eigenvalue weighted by molar-refractivity contribution is 5.90. The molecule has 0 aliphatic rings. The van der Waals surface area contributed by atoms with Crippen LogP contribution in [0, 0.1) is 0 Å². The van der Waals surface area contributed by atoms with Crippen LogP contribution in [0.4, 0.5) is 10.7 Å². The molecular formula is C9H12N4O3. The first-order valence-corrected chi connectivity index (χ1v) is 4.70. The van der Waals surface area contributed by atoms with Gasteiger partial charge in [0.1, 0.15) is 6.04 Å². The average Bonchev–Trinajstić information content (AvgIpc) is 2.27. The molecule has 2 amide bonds. The number of anilines is 1. The summed E-state index contributed by atoms with van der Waals surface area (Å²) in [6.07, 6.45) is 3.24. The fourth-order valence-electron chi connectivity index (χ4n) is 0.998. The molecule has 0 unspecified atom stereocenters. The Morgan fingerprint density at radius 2 is 2.06 bits per heavy atom. The number of aromatic nitrogens is 2. The summed E-state index contributed by atoms with van der Waals surface area (Å²) in [4.78, 5) is 29.5. The van der Waals surface area contributed by atoms with E-state index in [0.29, 0.717) is 6.42 Å². The van der Waals surface area contributed by atoms with E-state index in [4.69, 9.17) is 5.11 Å². The second-order valence-corrected chi connectivity index (χ2v) is 2.97. The van der Waals surface area contributed by atoms with Gasteiger partial charge in [0, 0.05) is 12.4 Å². The first-order valence-electron chi connectivity index (χ1n) is 4.70. The van der Waals surface area contributed by atoms with E-state index in [-0.39, 0.29) is 5.95 Å². The maximum absolute atomic E-state index is 11.3. The maximum atomic E-state index is 11.3. The average molecular weight is 224 g/mol. The molecule has 3 N–H and O–H groups in total. The van der Waals surface area contributed by atoms with E-state index in [9.17, 15) is 9.59 Å². The Kier molecular flexibility index (Phi) is 4.19. The molecule has 1 heterocycles. The molecular weight excluding hydrogens is 212 g/mol. The van der Waals surface area contributed by atoms with Crippen LogP contribution in [-0.4, -0.2) is 33.1 Å². The van der Waals surface area contributed by atoms with Gasteiger partial charge >= 0.3 is 12.0 Å². The van der Waals surface area contributed by atoms with Crippen molar-refractivity contribution in [2.75, 3.05) is 5.32 Å². The number of carboxylic acid groups (broad SMARTS) is 1. The summed E-state index contributed by atoms with van der Waals surface area (Å²) < 4.78 is 0. The van der Waals surface area contributed by atoms with Crippen molar-refractivity contribution < 1.29 is 14.7 Å². The number of nitrogens with one attached hydrogen (secondary N) is 2. The Hall–Kier alpha value is -2.18. The van der Waals surface area contributed by atoms with Gasteiger partial charge < -0.3 is 10.4 Å². The molecule has 86 valence electrons. The van der Waals surface area contributed by atoms with E-state index in [1.807, 2.05) is 0 Å². The quantitative estimate of drug-likeness (QED) is 0.689. The molecule has 0 saturated carbocycles. The van der Waals surface area contributed by atoms with E-state index in [0.717, 1.165) is 0 Å². The van der Waals surface area contributed by atoms with Crippen molar-refractivity contribution >= 4 is 17.9 Å². The minimum absolute atomic E-state index is 0.125. The smallest absolute Gasteiger partial charge is 0.326 e. The fraction of sp³-hybridized carbons (Fsp3) is 0.333. The maximum Gasteiger partial charge on any atom is 0.326 e. The van der Waals surface area contributed by atoms with Crippen molar-refractivity contribution in [2.24, 2.45) is 0 Å². The van der Waals surface area contributed by atoms with Crippen LogP contribution in [-0.2, 0) is 4.79 Å². The van der Waals surface area contributed by atoms with E-state index in [1.165, 1.54) is 12.4 Å². The number of rotatable bonds is 4. The number of aliphatic carboxylic acids is 1. The fourth-order valence-corrected chi connectivity index (χ4v) is 0.998. The van der Waals surface area contributed by atoms with Gasteiger partial charge in [-0.3, -0.25) is 5.32 Å². The van der Waals surface area contributed by atoms with Crippen LogP contribution in [0.2, 0.25) is 0 Å². The third-order valence-electron chi connectivity index (χ3n) is 1.80. The predicted molar refractivity (Wildman–Crippen MR) is 55.9 cm³/mol. The third-order valence-corrected chi connectivity index (χ3v) is 1.80. The Balaban J connectivity index is 2.50. The molecule has 0 radical (unpaired) electrons. The zero-order valence-electron chi connectivity index (χ0n) is 8.67. The highest BCUT2D eigenvalue weighted by atomic mass is 16.4. The highest BCUT2D eigenvalue weighted by Crippen LogP contribution is 1.95. The highest BCUT2D eigenvalue weighted by Gasteiger charge is 2.17. The van der Waals surface area contributed by atoms with Crippen molar-refractivity contribution in [1.29, 1.82) is 0 Å². The number of nitrogens with zero attached hydrogens (tertiary/aromatic N) is 2. The molecule has 0 aromatic carbocycles.